The van der Waals surface area contributed by atoms with Crippen molar-refractivity contribution in [3.63, 3.8) is 0 Å². The Morgan fingerprint density at radius 3 is 2.21 bits per heavy atom. The van der Waals surface area contributed by atoms with E-state index in [2.05, 4.69) is 30.3 Å². The molecule has 0 N–H and O–H groups in total. The van der Waals surface area contributed by atoms with Gasteiger partial charge in [-0.05, 0) is 31.2 Å². The first-order valence-electron chi connectivity index (χ1n) is 6.17. The molecule has 98 valence electrons. The molecule has 2 rings (SSSR count). The van der Waals surface area contributed by atoms with E-state index in [4.69, 9.17) is 0 Å². The number of rotatable bonds is 6. The predicted octanol–water partition coefficient (Wildman–Crippen LogP) is 4.77. The minimum absolute atomic E-state index is 0.126. The van der Waals surface area contributed by atoms with E-state index in [0.717, 1.165) is 17.1 Å². The summed E-state index contributed by atoms with van der Waals surface area (Å²) in [6.45, 7) is 1.61. The third-order valence-corrected chi connectivity index (χ3v) is 4.87. The van der Waals surface area contributed by atoms with Crippen molar-refractivity contribution in [2.24, 2.45) is 0 Å². The molecule has 0 aliphatic rings. The number of carbonyl (C=O) groups is 1. The average molecular weight is 288 g/mol. The molecule has 0 aromatic heterocycles. The molecule has 3 heteroatoms. The van der Waals surface area contributed by atoms with Crippen molar-refractivity contribution in [1.82, 2.24) is 0 Å². The first-order valence-corrected chi connectivity index (χ1v) is 8.14. The maximum absolute atomic E-state index is 11.3. The number of hydrogen-bond acceptors (Lipinski definition) is 3. The van der Waals surface area contributed by atoms with Gasteiger partial charge in [0, 0.05) is 26.9 Å². The van der Waals surface area contributed by atoms with Gasteiger partial charge in [0.2, 0.25) is 0 Å². The zero-order valence-electron chi connectivity index (χ0n) is 10.8. The van der Waals surface area contributed by atoms with Gasteiger partial charge in [0.05, 0.1) is 0 Å². The van der Waals surface area contributed by atoms with Gasteiger partial charge in [-0.1, -0.05) is 30.3 Å². The largest absolute Gasteiger partial charge is 0.295 e. The molecule has 0 amide bonds. The molecule has 0 unspecified atom stereocenters. The van der Waals surface area contributed by atoms with E-state index < -0.39 is 0 Å². The zero-order chi connectivity index (χ0) is 13.5. The van der Waals surface area contributed by atoms with Crippen molar-refractivity contribution < 1.29 is 4.79 Å². The summed E-state index contributed by atoms with van der Waals surface area (Å²) in [5.74, 6) is 2.24. The third-order valence-electron chi connectivity index (χ3n) is 2.60. The van der Waals surface area contributed by atoms with Gasteiger partial charge in [0.25, 0.3) is 0 Å². The van der Waals surface area contributed by atoms with Crippen LogP contribution in [0.15, 0.2) is 64.4 Å². The van der Waals surface area contributed by atoms with Crippen molar-refractivity contribution in [2.75, 3.05) is 11.5 Å². The topological polar surface area (TPSA) is 17.1 Å². The van der Waals surface area contributed by atoms with Crippen LogP contribution in [0.1, 0.15) is 17.3 Å². The van der Waals surface area contributed by atoms with Crippen molar-refractivity contribution in [1.29, 1.82) is 0 Å². The van der Waals surface area contributed by atoms with Crippen LogP contribution in [-0.2, 0) is 0 Å². The van der Waals surface area contributed by atoms with Crippen LogP contribution in [-0.4, -0.2) is 17.3 Å². The van der Waals surface area contributed by atoms with Crippen LogP contribution in [0.25, 0.3) is 0 Å². The Bertz CT molecular complexity index is 537. The molecule has 0 bridgehead atoms. The summed E-state index contributed by atoms with van der Waals surface area (Å²) >= 11 is 3.66. The molecular formula is C16H16OS2. The Kier molecular flexibility index (Phi) is 5.55. The first-order chi connectivity index (χ1) is 9.25. The SMILES string of the molecule is CC(=O)c1cccc(SCCSc2ccccc2)c1. The molecule has 0 saturated carbocycles. The van der Waals surface area contributed by atoms with Crippen LogP contribution in [0.4, 0.5) is 0 Å². The highest BCUT2D eigenvalue weighted by Gasteiger charge is 2.01. The van der Waals surface area contributed by atoms with Crippen LogP contribution in [0, 0.1) is 0 Å². The third kappa shape index (κ3) is 4.77. The van der Waals surface area contributed by atoms with Gasteiger partial charge in [-0.25, -0.2) is 0 Å². The Morgan fingerprint density at radius 2 is 1.53 bits per heavy atom. The number of hydrogen-bond donors (Lipinski definition) is 0. The van der Waals surface area contributed by atoms with E-state index in [9.17, 15) is 4.79 Å². The van der Waals surface area contributed by atoms with E-state index >= 15 is 0 Å². The standard InChI is InChI=1S/C16H16OS2/c1-13(17)14-6-5-9-16(12-14)19-11-10-18-15-7-3-2-4-8-15/h2-9,12H,10-11H2,1H3. The number of Topliss-reactive ketones (excluding diaryl/α,β-unsaturated/α-hetero) is 1. The molecule has 0 saturated heterocycles. The van der Waals surface area contributed by atoms with Crippen molar-refractivity contribution in [2.45, 2.75) is 16.7 Å². The molecule has 0 fully saturated rings. The fraction of sp³-hybridized carbons (Fsp3) is 0.188. The quantitative estimate of drug-likeness (QED) is 0.433. The second kappa shape index (κ2) is 7.41. The molecule has 0 atom stereocenters. The van der Waals surface area contributed by atoms with Crippen molar-refractivity contribution >= 4 is 29.3 Å². The van der Waals surface area contributed by atoms with Gasteiger partial charge < -0.3 is 0 Å². The van der Waals surface area contributed by atoms with Gasteiger partial charge >= 0.3 is 0 Å². The molecule has 0 heterocycles. The summed E-state index contributed by atoms with van der Waals surface area (Å²) in [5, 5.41) is 0. The highest BCUT2D eigenvalue weighted by molar-refractivity contribution is 8.03. The molecule has 19 heavy (non-hydrogen) atoms. The second-order valence-corrected chi connectivity index (χ2v) is 6.43. The molecule has 0 aliphatic carbocycles. The van der Waals surface area contributed by atoms with Gasteiger partial charge in [0.1, 0.15) is 0 Å². The molecule has 0 radical (unpaired) electrons. The summed E-state index contributed by atoms with van der Waals surface area (Å²) in [7, 11) is 0. The van der Waals surface area contributed by atoms with Crippen LogP contribution in [0.2, 0.25) is 0 Å². The maximum Gasteiger partial charge on any atom is 0.159 e. The Labute approximate surface area is 122 Å². The first kappa shape index (κ1) is 14.2. The molecule has 2 aromatic carbocycles. The molecule has 1 nitrogen and oxygen atoms in total. The van der Waals surface area contributed by atoms with Gasteiger partial charge in [-0.2, -0.15) is 0 Å². The lowest BCUT2D eigenvalue weighted by Crippen LogP contribution is -1.91. The number of benzene rings is 2. The lowest BCUT2D eigenvalue weighted by Gasteiger charge is -2.03. The molecule has 2 aromatic rings. The second-order valence-electron chi connectivity index (χ2n) is 4.09. The van der Waals surface area contributed by atoms with E-state index in [1.807, 2.05) is 36.0 Å². The van der Waals surface area contributed by atoms with E-state index in [1.54, 1.807) is 18.7 Å². The summed E-state index contributed by atoms with van der Waals surface area (Å²) in [6.07, 6.45) is 0. The van der Waals surface area contributed by atoms with E-state index in [-0.39, 0.29) is 5.78 Å². The summed E-state index contributed by atoms with van der Waals surface area (Å²) in [4.78, 5) is 13.8. The van der Waals surface area contributed by atoms with E-state index in [0.29, 0.717) is 0 Å². The Hall–Kier alpha value is -1.19. The van der Waals surface area contributed by atoms with Crippen molar-refractivity contribution in [3.05, 3.63) is 60.2 Å². The van der Waals surface area contributed by atoms with Gasteiger partial charge in [-0.3, -0.25) is 4.79 Å². The highest BCUT2D eigenvalue weighted by Crippen LogP contribution is 2.23. The van der Waals surface area contributed by atoms with Crippen LogP contribution < -0.4 is 0 Å². The summed E-state index contributed by atoms with van der Waals surface area (Å²) < 4.78 is 0. The number of thioether (sulfide) groups is 2. The van der Waals surface area contributed by atoms with E-state index in [1.165, 1.54) is 9.79 Å². The van der Waals surface area contributed by atoms with Crippen molar-refractivity contribution in [3.8, 4) is 0 Å². The summed E-state index contributed by atoms with van der Waals surface area (Å²) in [5.41, 5.74) is 0.792. The van der Waals surface area contributed by atoms with Gasteiger partial charge in [-0.15, -0.1) is 23.5 Å². The number of ketones is 1. The minimum atomic E-state index is 0.126. The predicted molar refractivity (Wildman–Crippen MR) is 84.3 cm³/mol. The fourth-order valence-corrected chi connectivity index (χ4v) is 3.51. The van der Waals surface area contributed by atoms with Crippen LogP contribution in [0.3, 0.4) is 0 Å². The summed E-state index contributed by atoms with van der Waals surface area (Å²) in [6, 6.07) is 18.3. The van der Waals surface area contributed by atoms with Crippen LogP contribution in [0.5, 0.6) is 0 Å². The Balaban J connectivity index is 1.80. The average Bonchev–Trinajstić information content (AvgIpc) is 2.45. The number of carbonyl (C=O) groups excluding carboxylic acids is 1. The molecule has 0 spiro atoms. The minimum Gasteiger partial charge on any atom is -0.295 e. The Morgan fingerprint density at radius 1 is 0.895 bits per heavy atom. The lowest BCUT2D eigenvalue weighted by molar-refractivity contribution is 0.101. The molecular weight excluding hydrogens is 272 g/mol. The smallest absolute Gasteiger partial charge is 0.159 e. The maximum atomic E-state index is 11.3. The zero-order valence-corrected chi connectivity index (χ0v) is 12.5. The monoisotopic (exact) mass is 288 g/mol. The normalized spacial score (nSPS) is 10.4. The molecule has 0 aliphatic heterocycles. The van der Waals surface area contributed by atoms with Crippen LogP contribution >= 0.6 is 23.5 Å². The van der Waals surface area contributed by atoms with Gasteiger partial charge in [0.15, 0.2) is 5.78 Å². The lowest BCUT2D eigenvalue weighted by atomic mass is 10.2. The fourth-order valence-electron chi connectivity index (χ4n) is 1.64. The highest BCUT2D eigenvalue weighted by atomic mass is 32.2.